The van der Waals surface area contributed by atoms with Crippen molar-refractivity contribution in [2.45, 2.75) is 39.2 Å². The molecule has 0 radical (unpaired) electrons. The average molecular weight is 242 g/mol. The van der Waals surface area contributed by atoms with E-state index < -0.39 is 0 Å². The van der Waals surface area contributed by atoms with E-state index in [0.717, 1.165) is 45.5 Å². The molecule has 0 saturated carbocycles. The van der Waals surface area contributed by atoms with Crippen molar-refractivity contribution in [2.24, 2.45) is 5.92 Å². The van der Waals surface area contributed by atoms with Gasteiger partial charge in [-0.3, -0.25) is 4.79 Å². The van der Waals surface area contributed by atoms with Crippen LogP contribution in [0.15, 0.2) is 0 Å². The lowest BCUT2D eigenvalue weighted by molar-refractivity contribution is -0.125. The molecule has 1 atom stereocenters. The Morgan fingerprint density at radius 1 is 1.47 bits per heavy atom. The highest BCUT2D eigenvalue weighted by Gasteiger charge is 2.18. The molecule has 0 spiro atoms. The second-order valence-electron chi connectivity index (χ2n) is 4.85. The van der Waals surface area contributed by atoms with E-state index in [2.05, 4.69) is 31.1 Å². The molecule has 1 aliphatic rings. The number of amides is 1. The lowest BCUT2D eigenvalue weighted by Crippen LogP contribution is -2.42. The fraction of sp³-hybridized carbons (Fsp3) is 0.923. The number of carbonyl (C=O) groups is 1. The van der Waals surface area contributed by atoms with Crippen molar-refractivity contribution < 1.29 is 9.53 Å². The van der Waals surface area contributed by atoms with Crippen molar-refractivity contribution in [2.75, 3.05) is 33.3 Å². The maximum Gasteiger partial charge on any atom is 0.223 e. The quantitative estimate of drug-likeness (QED) is 0.762. The Hall–Kier alpha value is -0.610. The fourth-order valence-corrected chi connectivity index (χ4v) is 2.20. The van der Waals surface area contributed by atoms with Crippen molar-refractivity contribution in [1.29, 1.82) is 0 Å². The van der Waals surface area contributed by atoms with E-state index in [4.69, 9.17) is 4.74 Å². The standard InChI is InChI=1S/C13H26N2O2/c1-4-11(5-2)13(16)14-7-6-12-10-15(3)8-9-17-12/h11-12H,4-10H2,1-3H3,(H,14,16). The summed E-state index contributed by atoms with van der Waals surface area (Å²) in [5, 5.41) is 3.01. The molecule has 17 heavy (non-hydrogen) atoms. The molecular formula is C13H26N2O2. The first-order valence-corrected chi connectivity index (χ1v) is 6.75. The van der Waals surface area contributed by atoms with Crippen LogP contribution < -0.4 is 5.32 Å². The summed E-state index contributed by atoms with van der Waals surface area (Å²) in [6.45, 7) is 7.65. The van der Waals surface area contributed by atoms with Crippen molar-refractivity contribution in [1.82, 2.24) is 10.2 Å². The van der Waals surface area contributed by atoms with Crippen LogP contribution in [0.2, 0.25) is 0 Å². The number of hydrogen-bond acceptors (Lipinski definition) is 3. The first-order valence-electron chi connectivity index (χ1n) is 6.75. The molecule has 1 heterocycles. The maximum absolute atomic E-state index is 11.7. The largest absolute Gasteiger partial charge is 0.375 e. The van der Waals surface area contributed by atoms with E-state index in [-0.39, 0.29) is 17.9 Å². The smallest absolute Gasteiger partial charge is 0.223 e. The zero-order valence-corrected chi connectivity index (χ0v) is 11.4. The van der Waals surface area contributed by atoms with E-state index in [1.54, 1.807) is 0 Å². The van der Waals surface area contributed by atoms with Gasteiger partial charge in [0.1, 0.15) is 0 Å². The predicted molar refractivity (Wildman–Crippen MR) is 68.9 cm³/mol. The molecule has 0 aliphatic carbocycles. The van der Waals surface area contributed by atoms with Crippen LogP contribution in [0.25, 0.3) is 0 Å². The highest BCUT2D eigenvalue weighted by Crippen LogP contribution is 2.08. The molecule has 1 N–H and O–H groups in total. The highest BCUT2D eigenvalue weighted by atomic mass is 16.5. The number of hydrogen-bond donors (Lipinski definition) is 1. The Labute approximate surface area is 105 Å². The number of nitrogens with one attached hydrogen (secondary N) is 1. The van der Waals surface area contributed by atoms with Crippen LogP contribution in [0.3, 0.4) is 0 Å². The van der Waals surface area contributed by atoms with E-state index in [1.165, 1.54) is 0 Å². The number of nitrogens with zero attached hydrogens (tertiary/aromatic N) is 1. The van der Waals surface area contributed by atoms with E-state index in [9.17, 15) is 4.79 Å². The van der Waals surface area contributed by atoms with Crippen molar-refractivity contribution in [3.8, 4) is 0 Å². The SMILES string of the molecule is CCC(CC)C(=O)NCCC1CN(C)CCO1. The van der Waals surface area contributed by atoms with Crippen molar-refractivity contribution in [3.05, 3.63) is 0 Å². The number of likely N-dealkylation sites (N-methyl/N-ethyl adjacent to an activating group) is 1. The molecule has 0 aromatic rings. The van der Waals surface area contributed by atoms with Gasteiger partial charge in [0.15, 0.2) is 0 Å². The van der Waals surface area contributed by atoms with Gasteiger partial charge >= 0.3 is 0 Å². The van der Waals surface area contributed by atoms with Gasteiger partial charge in [0.25, 0.3) is 0 Å². The Kier molecular flexibility index (Phi) is 6.52. The summed E-state index contributed by atoms with van der Waals surface area (Å²) in [4.78, 5) is 14.0. The lowest BCUT2D eigenvalue weighted by Gasteiger charge is -2.30. The van der Waals surface area contributed by atoms with Gasteiger partial charge in [-0.2, -0.15) is 0 Å². The van der Waals surface area contributed by atoms with Crippen LogP contribution in [-0.4, -0.2) is 50.2 Å². The third-order valence-electron chi connectivity index (χ3n) is 3.46. The highest BCUT2D eigenvalue weighted by molar-refractivity contribution is 5.78. The normalized spacial score (nSPS) is 21.8. The molecular weight excluding hydrogens is 216 g/mol. The molecule has 0 aromatic heterocycles. The van der Waals surface area contributed by atoms with Crippen LogP contribution in [0.4, 0.5) is 0 Å². The summed E-state index contributed by atoms with van der Waals surface area (Å²) < 4.78 is 5.65. The van der Waals surface area contributed by atoms with Crippen molar-refractivity contribution in [3.63, 3.8) is 0 Å². The van der Waals surface area contributed by atoms with Crippen LogP contribution in [-0.2, 0) is 9.53 Å². The lowest BCUT2D eigenvalue weighted by atomic mass is 10.0. The van der Waals surface area contributed by atoms with E-state index >= 15 is 0 Å². The monoisotopic (exact) mass is 242 g/mol. The van der Waals surface area contributed by atoms with Gasteiger partial charge in [-0.05, 0) is 26.3 Å². The van der Waals surface area contributed by atoms with Crippen LogP contribution in [0, 0.1) is 5.92 Å². The average Bonchev–Trinajstić information content (AvgIpc) is 2.30. The van der Waals surface area contributed by atoms with Gasteiger partial charge in [-0.1, -0.05) is 13.8 Å². The first-order chi connectivity index (χ1) is 8.17. The zero-order chi connectivity index (χ0) is 12.7. The molecule has 1 unspecified atom stereocenters. The minimum Gasteiger partial charge on any atom is -0.375 e. The maximum atomic E-state index is 11.7. The van der Waals surface area contributed by atoms with Crippen LogP contribution in [0.5, 0.6) is 0 Å². The second kappa shape index (κ2) is 7.67. The molecule has 100 valence electrons. The van der Waals surface area contributed by atoms with Gasteiger partial charge in [0, 0.05) is 25.6 Å². The Morgan fingerprint density at radius 3 is 2.76 bits per heavy atom. The second-order valence-corrected chi connectivity index (χ2v) is 4.85. The topological polar surface area (TPSA) is 41.6 Å². The molecule has 0 bridgehead atoms. The van der Waals surface area contributed by atoms with Gasteiger partial charge in [-0.25, -0.2) is 0 Å². The zero-order valence-electron chi connectivity index (χ0n) is 11.4. The Morgan fingerprint density at radius 2 is 2.18 bits per heavy atom. The van der Waals surface area contributed by atoms with E-state index in [0.29, 0.717) is 0 Å². The molecule has 1 fully saturated rings. The predicted octanol–water partition coefficient (Wildman–Crippen LogP) is 1.26. The van der Waals surface area contributed by atoms with Crippen LogP contribution >= 0.6 is 0 Å². The molecule has 1 aliphatic heterocycles. The van der Waals surface area contributed by atoms with Gasteiger partial charge in [-0.15, -0.1) is 0 Å². The molecule has 4 nitrogen and oxygen atoms in total. The minimum absolute atomic E-state index is 0.171. The Balaban J connectivity index is 2.16. The fourth-order valence-electron chi connectivity index (χ4n) is 2.20. The third-order valence-corrected chi connectivity index (χ3v) is 3.46. The van der Waals surface area contributed by atoms with Gasteiger partial charge in [0.2, 0.25) is 5.91 Å². The number of rotatable bonds is 6. The molecule has 0 aromatic carbocycles. The minimum atomic E-state index is 0.171. The summed E-state index contributed by atoms with van der Waals surface area (Å²) in [6.07, 6.45) is 3.03. The number of carbonyl (C=O) groups excluding carboxylic acids is 1. The van der Waals surface area contributed by atoms with Crippen molar-refractivity contribution >= 4 is 5.91 Å². The van der Waals surface area contributed by atoms with Gasteiger partial charge < -0.3 is 15.0 Å². The summed E-state index contributed by atoms with van der Waals surface area (Å²) >= 11 is 0. The van der Waals surface area contributed by atoms with E-state index in [1.807, 2.05) is 0 Å². The molecule has 1 amide bonds. The van der Waals surface area contributed by atoms with Gasteiger partial charge in [0.05, 0.1) is 12.7 Å². The molecule has 4 heteroatoms. The first kappa shape index (κ1) is 14.5. The van der Waals surface area contributed by atoms with Crippen LogP contribution in [0.1, 0.15) is 33.1 Å². The molecule has 1 saturated heterocycles. The number of ether oxygens (including phenoxy) is 1. The Bertz CT molecular complexity index is 229. The number of morpholine rings is 1. The summed E-state index contributed by atoms with van der Waals surface area (Å²) in [5.41, 5.74) is 0. The summed E-state index contributed by atoms with van der Waals surface area (Å²) in [6, 6.07) is 0. The summed E-state index contributed by atoms with van der Waals surface area (Å²) in [7, 11) is 2.11. The molecule has 1 rings (SSSR count). The summed E-state index contributed by atoms with van der Waals surface area (Å²) in [5.74, 6) is 0.365. The third kappa shape index (κ3) is 5.04.